The molecule has 2 saturated heterocycles. The first kappa shape index (κ1) is 39.6. The van der Waals surface area contributed by atoms with Gasteiger partial charge in [0.05, 0.1) is 17.0 Å². The third kappa shape index (κ3) is 6.88. The minimum Gasteiger partial charge on any atom is -0.459 e. The van der Waals surface area contributed by atoms with Crippen LogP contribution >= 0.6 is 0 Å². The molecule has 2 amide bonds. The number of nitrogens with two attached hydrogens (primary N) is 1. The lowest BCUT2D eigenvalue weighted by Gasteiger charge is -2.45. The summed E-state index contributed by atoms with van der Waals surface area (Å²) in [7, 11) is 7.23. The second-order valence-electron chi connectivity index (χ2n) is 16.6. The van der Waals surface area contributed by atoms with E-state index in [1.54, 1.807) is 48.2 Å². The number of hydrogen-bond donors (Lipinski definition) is 4. The number of aliphatic hydroxyl groups excluding tert-OH is 1. The number of ketones is 1. The minimum atomic E-state index is -1.37. The molecule has 0 saturated carbocycles. The van der Waals surface area contributed by atoms with Crippen molar-refractivity contribution in [1.29, 1.82) is 5.41 Å². The van der Waals surface area contributed by atoms with Crippen LogP contribution in [0.3, 0.4) is 0 Å². The van der Waals surface area contributed by atoms with Crippen LogP contribution < -0.4 is 30.3 Å². The Labute approximate surface area is 353 Å². The van der Waals surface area contributed by atoms with E-state index in [0.717, 1.165) is 22.5 Å². The van der Waals surface area contributed by atoms with Gasteiger partial charge in [-0.1, -0.05) is 36.4 Å². The van der Waals surface area contributed by atoms with Gasteiger partial charge < -0.3 is 40.3 Å². The summed E-state index contributed by atoms with van der Waals surface area (Å²) in [4.78, 5) is 56.5. The van der Waals surface area contributed by atoms with E-state index in [4.69, 9.17) is 15.2 Å². The molecule has 61 heavy (non-hydrogen) atoms. The number of nitrogens with zero attached hydrogens (tertiary/aromatic N) is 6. The van der Waals surface area contributed by atoms with Crippen molar-refractivity contribution in [3.05, 3.63) is 130 Å². The van der Waals surface area contributed by atoms with Gasteiger partial charge in [-0.3, -0.25) is 24.7 Å². The lowest BCUT2D eigenvalue weighted by atomic mass is 9.67. The Morgan fingerprint density at radius 2 is 1.54 bits per heavy atom. The number of nitrogens with one attached hydrogen (secondary N) is 2. The quantitative estimate of drug-likeness (QED) is 0.140. The fourth-order valence-corrected chi connectivity index (χ4v) is 8.81. The molecule has 2 unspecified atom stereocenters. The number of nitrogen functional groups attached to an aromatic ring is 1. The Morgan fingerprint density at radius 3 is 2.16 bits per heavy atom. The molecule has 4 heterocycles. The van der Waals surface area contributed by atoms with E-state index < -0.39 is 17.4 Å². The number of aliphatic hydroxyl groups is 1. The Balaban J connectivity index is 1.02. The largest absolute Gasteiger partial charge is 0.459 e. The van der Waals surface area contributed by atoms with Crippen LogP contribution in [-0.2, 0) is 23.4 Å². The summed E-state index contributed by atoms with van der Waals surface area (Å²) in [6, 6.07) is 26.0. The lowest BCUT2D eigenvalue weighted by Crippen LogP contribution is -2.55. The third-order valence-corrected chi connectivity index (χ3v) is 12.3. The van der Waals surface area contributed by atoms with Crippen molar-refractivity contribution in [2.45, 2.75) is 24.8 Å². The molecule has 1 spiro atoms. The summed E-state index contributed by atoms with van der Waals surface area (Å²) < 4.78 is 12.4. The van der Waals surface area contributed by atoms with Gasteiger partial charge in [0.1, 0.15) is 30.2 Å². The SMILES string of the molecule is CN(C)C(=O)C1CN(c2ccc3c(c2)Oc2cc(N4CC(C(O)N(C)C)C4)ccc2C32C(=N)C(=O)c3ccc(C(=O)NCc4ccc(COc5nccc(N)n5)cc4)cc32)C1. The van der Waals surface area contributed by atoms with Crippen molar-refractivity contribution in [3.8, 4) is 17.5 Å². The number of hydrogen-bond acceptors (Lipinski definition) is 13. The van der Waals surface area contributed by atoms with Gasteiger partial charge in [0.25, 0.3) is 5.91 Å². The van der Waals surface area contributed by atoms with Crippen molar-refractivity contribution >= 4 is 40.5 Å². The molecule has 2 atom stereocenters. The Bertz CT molecular complexity index is 2590. The summed E-state index contributed by atoms with van der Waals surface area (Å²) in [5.41, 5.74) is 10.2. The number of rotatable bonds is 11. The van der Waals surface area contributed by atoms with Crippen LogP contribution in [0.25, 0.3) is 0 Å². The smallest absolute Gasteiger partial charge is 0.318 e. The number of anilines is 3. The maximum Gasteiger partial charge on any atom is 0.318 e. The molecule has 4 aromatic carbocycles. The van der Waals surface area contributed by atoms with Crippen LogP contribution in [0.15, 0.2) is 91.1 Å². The highest BCUT2D eigenvalue weighted by Gasteiger charge is 2.56. The predicted octanol–water partition coefficient (Wildman–Crippen LogP) is 4.06. The van der Waals surface area contributed by atoms with Crippen LogP contribution in [0, 0.1) is 17.2 Å². The summed E-state index contributed by atoms with van der Waals surface area (Å²) in [6.45, 7) is 2.92. The first-order chi connectivity index (χ1) is 29.3. The number of aromatic nitrogens is 2. The highest BCUT2D eigenvalue weighted by molar-refractivity contribution is 6.53. The van der Waals surface area contributed by atoms with Gasteiger partial charge in [-0.2, -0.15) is 4.98 Å². The van der Waals surface area contributed by atoms with Crippen LogP contribution in [-0.4, -0.2) is 109 Å². The van der Waals surface area contributed by atoms with Gasteiger partial charge in [0, 0.05) is 105 Å². The van der Waals surface area contributed by atoms with E-state index in [2.05, 4.69) is 25.1 Å². The molecule has 2 fully saturated rings. The predicted molar refractivity (Wildman–Crippen MR) is 230 cm³/mol. The standard InChI is InChI=1S/C46H47N9O6/c1-52(2)43(58)29-21-54(22-29)31-10-13-34-37(18-31)61-38-19-32(55-23-30(24-55)44(59)53(3)4)11-14-35(38)46(34)36-17-28(9-12-33(36)40(56)41(46)48)42(57)50-20-26-5-7-27(8-6-26)25-60-45-49-16-15-39(47)51-45/h5-19,29-30,43,48,58H,20-25H2,1-4H3,(H,50,57)(H2,47,49,51). The molecule has 5 aromatic rings. The van der Waals surface area contributed by atoms with E-state index in [1.807, 2.05) is 74.8 Å². The normalized spacial score (nSPS) is 18.5. The average Bonchev–Trinajstić information content (AvgIpc) is 3.43. The molecule has 5 N–H and O–H groups in total. The molecule has 0 bridgehead atoms. The van der Waals surface area contributed by atoms with E-state index in [-0.39, 0.29) is 48.5 Å². The molecular weight excluding hydrogens is 775 g/mol. The maximum absolute atomic E-state index is 14.2. The highest BCUT2D eigenvalue weighted by atomic mass is 16.5. The zero-order valence-corrected chi connectivity index (χ0v) is 34.4. The summed E-state index contributed by atoms with van der Waals surface area (Å²) in [5, 5.41) is 23.3. The van der Waals surface area contributed by atoms with E-state index >= 15 is 0 Å². The zero-order chi connectivity index (χ0) is 42.7. The van der Waals surface area contributed by atoms with Crippen molar-refractivity contribution in [3.63, 3.8) is 0 Å². The molecule has 9 rings (SSSR count). The lowest BCUT2D eigenvalue weighted by molar-refractivity contribution is -0.133. The number of fused-ring (bicyclic) bond motifs is 6. The fraction of sp³-hybridized carbons (Fsp3) is 0.304. The average molecular weight is 822 g/mol. The molecule has 15 heteroatoms. The number of amides is 2. The van der Waals surface area contributed by atoms with Crippen LogP contribution in [0.2, 0.25) is 0 Å². The molecule has 312 valence electrons. The van der Waals surface area contributed by atoms with Gasteiger partial charge in [-0.05, 0) is 67.2 Å². The van der Waals surface area contributed by atoms with Crippen LogP contribution in [0.1, 0.15) is 48.5 Å². The zero-order valence-electron chi connectivity index (χ0n) is 34.4. The molecule has 0 radical (unpaired) electrons. The fourth-order valence-electron chi connectivity index (χ4n) is 8.81. The monoisotopic (exact) mass is 821 g/mol. The maximum atomic E-state index is 14.2. The van der Waals surface area contributed by atoms with Gasteiger partial charge in [0.15, 0.2) is 0 Å². The minimum absolute atomic E-state index is 0.0773. The molecule has 1 aromatic heterocycles. The first-order valence-electron chi connectivity index (χ1n) is 20.2. The van der Waals surface area contributed by atoms with E-state index in [0.29, 0.717) is 71.3 Å². The van der Waals surface area contributed by atoms with E-state index in [1.165, 1.54) is 6.20 Å². The Morgan fingerprint density at radius 1 is 0.902 bits per heavy atom. The Kier molecular flexibility index (Phi) is 9.95. The number of Topliss-reactive ketones (excluding diaryl/α,β-unsaturated/α-hetero) is 1. The number of carbonyl (C=O) groups is 3. The third-order valence-electron chi connectivity index (χ3n) is 12.3. The number of ether oxygens (including phenoxy) is 2. The van der Waals surface area contributed by atoms with Crippen LogP contribution in [0.5, 0.6) is 17.5 Å². The Hall–Kier alpha value is -6.84. The summed E-state index contributed by atoms with van der Waals surface area (Å²) in [5.74, 6) is 0.600. The second kappa shape index (κ2) is 15.3. The van der Waals surface area contributed by atoms with Crippen molar-refractivity contribution < 1.29 is 29.0 Å². The van der Waals surface area contributed by atoms with Gasteiger partial charge in [-0.15, -0.1) is 0 Å². The van der Waals surface area contributed by atoms with E-state index in [9.17, 15) is 24.9 Å². The topological polar surface area (TPSA) is 191 Å². The highest BCUT2D eigenvalue weighted by Crippen LogP contribution is 2.57. The summed E-state index contributed by atoms with van der Waals surface area (Å²) >= 11 is 0. The van der Waals surface area contributed by atoms with Gasteiger partial charge in [-0.25, -0.2) is 4.98 Å². The van der Waals surface area contributed by atoms with Crippen molar-refractivity contribution in [2.24, 2.45) is 11.8 Å². The van der Waals surface area contributed by atoms with Crippen molar-refractivity contribution in [2.75, 3.05) is 69.9 Å². The van der Waals surface area contributed by atoms with Crippen molar-refractivity contribution in [1.82, 2.24) is 25.1 Å². The molecule has 15 nitrogen and oxygen atoms in total. The second-order valence-corrected chi connectivity index (χ2v) is 16.6. The molecule has 1 aliphatic carbocycles. The van der Waals surface area contributed by atoms with Gasteiger partial charge in [0.2, 0.25) is 11.7 Å². The number of benzene rings is 4. The molecule has 3 aliphatic heterocycles. The molecular formula is C46H47N9O6. The summed E-state index contributed by atoms with van der Waals surface area (Å²) in [6.07, 6.45) is 0.965. The number of carbonyl (C=O) groups excluding carboxylic acids is 3. The molecule has 4 aliphatic rings. The van der Waals surface area contributed by atoms with Gasteiger partial charge >= 0.3 is 6.01 Å². The first-order valence-corrected chi connectivity index (χ1v) is 20.2. The van der Waals surface area contributed by atoms with Crippen LogP contribution in [0.4, 0.5) is 17.2 Å².